The van der Waals surface area contributed by atoms with Gasteiger partial charge in [-0.25, -0.2) is 0 Å². The van der Waals surface area contributed by atoms with Gasteiger partial charge in [0.1, 0.15) is 6.10 Å². The molecular formula is C13H24O2. The van der Waals surface area contributed by atoms with E-state index in [1.165, 1.54) is 25.7 Å². The largest absolute Gasteiger partial charge is 0.375 e. The van der Waals surface area contributed by atoms with Crippen LogP contribution in [0.4, 0.5) is 0 Å². The fourth-order valence-electron chi connectivity index (χ4n) is 2.50. The molecule has 0 bridgehead atoms. The van der Waals surface area contributed by atoms with E-state index in [0.29, 0.717) is 17.6 Å². The van der Waals surface area contributed by atoms with Crippen molar-refractivity contribution in [2.24, 2.45) is 11.3 Å². The summed E-state index contributed by atoms with van der Waals surface area (Å²) in [7, 11) is 0. The number of ether oxygens (including phenoxy) is 2. The van der Waals surface area contributed by atoms with E-state index in [1.807, 2.05) is 0 Å². The molecule has 1 atom stereocenters. The van der Waals surface area contributed by atoms with Crippen molar-refractivity contribution in [2.45, 2.75) is 58.7 Å². The van der Waals surface area contributed by atoms with E-state index in [4.69, 9.17) is 9.47 Å². The van der Waals surface area contributed by atoms with Gasteiger partial charge in [0.2, 0.25) is 0 Å². The molecule has 1 aliphatic heterocycles. The molecule has 0 N–H and O–H groups in total. The lowest BCUT2D eigenvalue weighted by Crippen LogP contribution is -2.29. The third-order valence-corrected chi connectivity index (χ3v) is 3.82. The molecule has 2 aliphatic rings. The quantitative estimate of drug-likeness (QED) is 0.671. The monoisotopic (exact) mass is 212 g/mol. The van der Waals surface area contributed by atoms with E-state index in [-0.39, 0.29) is 0 Å². The zero-order valence-electron chi connectivity index (χ0n) is 10.3. The third-order valence-electron chi connectivity index (χ3n) is 3.82. The Morgan fingerprint density at radius 2 is 1.73 bits per heavy atom. The van der Waals surface area contributed by atoms with Gasteiger partial charge in [-0.1, -0.05) is 20.8 Å². The van der Waals surface area contributed by atoms with Gasteiger partial charge >= 0.3 is 0 Å². The SMILES string of the molecule is CC(C)(C)C1CCC(OC[C@H]2CO2)CC1. The van der Waals surface area contributed by atoms with Crippen LogP contribution in [-0.4, -0.2) is 25.4 Å². The summed E-state index contributed by atoms with van der Waals surface area (Å²) >= 11 is 0. The molecule has 0 aromatic rings. The zero-order chi connectivity index (χ0) is 10.9. The van der Waals surface area contributed by atoms with Crippen LogP contribution in [0.2, 0.25) is 0 Å². The predicted octanol–water partition coefficient (Wildman–Crippen LogP) is 3.01. The van der Waals surface area contributed by atoms with Gasteiger partial charge in [-0.05, 0) is 37.0 Å². The van der Waals surface area contributed by atoms with Gasteiger partial charge < -0.3 is 9.47 Å². The van der Waals surface area contributed by atoms with Crippen LogP contribution in [0, 0.1) is 11.3 Å². The summed E-state index contributed by atoms with van der Waals surface area (Å²) in [6.45, 7) is 8.81. The van der Waals surface area contributed by atoms with Gasteiger partial charge in [-0.2, -0.15) is 0 Å². The van der Waals surface area contributed by atoms with Gasteiger partial charge in [0, 0.05) is 0 Å². The lowest BCUT2D eigenvalue weighted by molar-refractivity contribution is -0.00245. The van der Waals surface area contributed by atoms with E-state index >= 15 is 0 Å². The molecule has 0 aromatic carbocycles. The minimum Gasteiger partial charge on any atom is -0.375 e. The number of epoxide rings is 1. The van der Waals surface area contributed by atoms with Crippen molar-refractivity contribution in [1.29, 1.82) is 0 Å². The van der Waals surface area contributed by atoms with E-state index in [2.05, 4.69) is 20.8 Å². The molecule has 0 spiro atoms. The maximum atomic E-state index is 5.84. The average Bonchev–Trinajstić information content (AvgIpc) is 2.97. The van der Waals surface area contributed by atoms with Crippen molar-refractivity contribution in [3.63, 3.8) is 0 Å². The Balaban J connectivity index is 1.67. The van der Waals surface area contributed by atoms with Crippen LogP contribution in [-0.2, 0) is 9.47 Å². The standard InChI is InChI=1S/C13H24O2/c1-13(2,3)10-4-6-11(7-5-10)14-8-12-9-15-12/h10-12H,4-9H2,1-3H3/t10?,11?,12-/m0/s1. The maximum absolute atomic E-state index is 5.84. The molecule has 0 unspecified atom stereocenters. The van der Waals surface area contributed by atoms with E-state index in [9.17, 15) is 0 Å². The summed E-state index contributed by atoms with van der Waals surface area (Å²) in [5.74, 6) is 0.884. The van der Waals surface area contributed by atoms with Crippen molar-refractivity contribution >= 4 is 0 Å². The highest BCUT2D eigenvalue weighted by Gasteiger charge is 2.31. The molecule has 88 valence electrons. The Labute approximate surface area is 93.3 Å². The van der Waals surface area contributed by atoms with Crippen LogP contribution in [0.25, 0.3) is 0 Å². The van der Waals surface area contributed by atoms with Gasteiger partial charge in [0.25, 0.3) is 0 Å². The third kappa shape index (κ3) is 3.46. The highest BCUT2D eigenvalue weighted by atomic mass is 16.6. The summed E-state index contributed by atoms with van der Waals surface area (Å²) < 4.78 is 11.0. The smallest absolute Gasteiger partial charge is 0.104 e. The second-order valence-electron chi connectivity index (χ2n) is 6.13. The molecular weight excluding hydrogens is 188 g/mol. The van der Waals surface area contributed by atoms with Crippen molar-refractivity contribution in [2.75, 3.05) is 13.2 Å². The van der Waals surface area contributed by atoms with Crippen LogP contribution >= 0.6 is 0 Å². The Bertz CT molecular complexity index is 195. The van der Waals surface area contributed by atoms with Crippen LogP contribution in [0.5, 0.6) is 0 Å². The molecule has 2 heteroatoms. The summed E-state index contributed by atoms with van der Waals surface area (Å²) in [4.78, 5) is 0. The first-order chi connectivity index (χ1) is 7.05. The van der Waals surface area contributed by atoms with Crippen LogP contribution < -0.4 is 0 Å². The lowest BCUT2D eigenvalue weighted by Gasteiger charge is -2.36. The molecule has 1 saturated heterocycles. The molecule has 2 nitrogen and oxygen atoms in total. The molecule has 1 aliphatic carbocycles. The summed E-state index contributed by atoms with van der Waals surface area (Å²) in [6, 6.07) is 0. The highest BCUT2D eigenvalue weighted by Crippen LogP contribution is 2.38. The van der Waals surface area contributed by atoms with Gasteiger partial charge in [0.15, 0.2) is 0 Å². The molecule has 0 radical (unpaired) electrons. The molecule has 0 amide bonds. The molecule has 2 fully saturated rings. The first kappa shape index (κ1) is 11.4. The summed E-state index contributed by atoms with van der Waals surface area (Å²) in [5.41, 5.74) is 0.477. The van der Waals surface area contributed by atoms with Crippen molar-refractivity contribution in [3.8, 4) is 0 Å². The summed E-state index contributed by atoms with van der Waals surface area (Å²) in [6.07, 6.45) is 6.08. The van der Waals surface area contributed by atoms with Crippen molar-refractivity contribution in [3.05, 3.63) is 0 Å². The minimum absolute atomic E-state index is 0.422. The molecule has 15 heavy (non-hydrogen) atoms. The van der Waals surface area contributed by atoms with Gasteiger partial charge in [-0.3, -0.25) is 0 Å². The van der Waals surface area contributed by atoms with Crippen molar-refractivity contribution < 1.29 is 9.47 Å². The van der Waals surface area contributed by atoms with E-state index < -0.39 is 0 Å². The Morgan fingerprint density at radius 3 is 2.20 bits per heavy atom. The first-order valence-corrected chi connectivity index (χ1v) is 6.29. The van der Waals surface area contributed by atoms with Crippen LogP contribution in [0.15, 0.2) is 0 Å². The number of rotatable bonds is 3. The van der Waals surface area contributed by atoms with Gasteiger partial charge in [0.05, 0.1) is 19.3 Å². The Morgan fingerprint density at radius 1 is 1.13 bits per heavy atom. The van der Waals surface area contributed by atoms with Gasteiger partial charge in [-0.15, -0.1) is 0 Å². The average molecular weight is 212 g/mol. The fourth-order valence-corrected chi connectivity index (χ4v) is 2.50. The van der Waals surface area contributed by atoms with Crippen molar-refractivity contribution in [1.82, 2.24) is 0 Å². The lowest BCUT2D eigenvalue weighted by atomic mass is 9.72. The number of hydrogen-bond acceptors (Lipinski definition) is 2. The molecule has 1 saturated carbocycles. The topological polar surface area (TPSA) is 21.8 Å². The highest BCUT2D eigenvalue weighted by molar-refractivity contribution is 4.81. The first-order valence-electron chi connectivity index (χ1n) is 6.29. The number of hydrogen-bond donors (Lipinski definition) is 0. The van der Waals surface area contributed by atoms with E-state index in [1.54, 1.807) is 0 Å². The van der Waals surface area contributed by atoms with Crippen LogP contribution in [0.3, 0.4) is 0 Å². The predicted molar refractivity (Wildman–Crippen MR) is 60.9 cm³/mol. The van der Waals surface area contributed by atoms with E-state index in [0.717, 1.165) is 19.1 Å². The Kier molecular flexibility index (Phi) is 3.36. The summed E-state index contributed by atoms with van der Waals surface area (Å²) in [5, 5.41) is 0. The maximum Gasteiger partial charge on any atom is 0.104 e. The van der Waals surface area contributed by atoms with Crippen LogP contribution in [0.1, 0.15) is 46.5 Å². The fraction of sp³-hybridized carbons (Fsp3) is 1.00. The molecule has 2 rings (SSSR count). The minimum atomic E-state index is 0.422. The second kappa shape index (κ2) is 4.42. The molecule has 0 aromatic heterocycles. The molecule has 1 heterocycles. The normalized spacial score (nSPS) is 36.6. The second-order valence-corrected chi connectivity index (χ2v) is 6.13. The Hall–Kier alpha value is -0.0800. The zero-order valence-corrected chi connectivity index (χ0v) is 10.3.